The predicted molar refractivity (Wildman–Crippen MR) is 116 cm³/mol. The summed E-state index contributed by atoms with van der Waals surface area (Å²) in [5, 5.41) is 22.3. The SMILES string of the molecule is COCCN1C(=O)C(=O)/C(=C(/O)c2ccc(OC(C)C)cc2)[C@H]1c1cccc([N+](=O)[O-])c1. The van der Waals surface area contributed by atoms with Crippen LogP contribution in [0.3, 0.4) is 0 Å². The first-order valence-electron chi connectivity index (χ1n) is 10.0. The fourth-order valence-electron chi connectivity index (χ4n) is 3.57. The highest BCUT2D eigenvalue weighted by Gasteiger charge is 2.46. The first-order chi connectivity index (χ1) is 15.2. The Bertz CT molecular complexity index is 1060. The van der Waals surface area contributed by atoms with Crippen LogP contribution in [0.5, 0.6) is 5.75 Å². The van der Waals surface area contributed by atoms with Gasteiger partial charge in [0.05, 0.1) is 29.2 Å². The fraction of sp³-hybridized carbons (Fsp3) is 0.304. The maximum Gasteiger partial charge on any atom is 0.295 e. The minimum absolute atomic E-state index is 0.0329. The van der Waals surface area contributed by atoms with Crippen LogP contribution in [0.25, 0.3) is 5.76 Å². The number of rotatable bonds is 8. The third kappa shape index (κ3) is 4.62. The molecule has 2 aromatic carbocycles. The Morgan fingerprint density at radius 1 is 1.19 bits per heavy atom. The fourth-order valence-corrected chi connectivity index (χ4v) is 3.57. The van der Waals surface area contributed by atoms with E-state index in [9.17, 15) is 24.8 Å². The Morgan fingerprint density at radius 2 is 1.88 bits per heavy atom. The van der Waals surface area contributed by atoms with Crippen molar-refractivity contribution in [2.45, 2.75) is 26.0 Å². The van der Waals surface area contributed by atoms with E-state index >= 15 is 0 Å². The molecule has 1 heterocycles. The molecule has 0 aromatic heterocycles. The zero-order chi connectivity index (χ0) is 23.4. The number of Topliss-reactive ketones (excluding diaryl/α,β-unsaturated/α-hetero) is 1. The van der Waals surface area contributed by atoms with Crippen LogP contribution in [0.15, 0.2) is 54.1 Å². The van der Waals surface area contributed by atoms with Gasteiger partial charge in [-0.05, 0) is 43.7 Å². The monoisotopic (exact) mass is 440 g/mol. The number of ketones is 1. The van der Waals surface area contributed by atoms with Gasteiger partial charge in [0.25, 0.3) is 17.4 Å². The predicted octanol–water partition coefficient (Wildman–Crippen LogP) is 3.45. The number of non-ortho nitro benzene ring substituents is 1. The lowest BCUT2D eigenvalue weighted by atomic mass is 9.95. The van der Waals surface area contributed by atoms with Crippen LogP contribution in [0.4, 0.5) is 5.69 Å². The number of benzene rings is 2. The first-order valence-corrected chi connectivity index (χ1v) is 10.0. The van der Waals surface area contributed by atoms with Gasteiger partial charge in [0.2, 0.25) is 0 Å². The molecule has 9 heteroatoms. The minimum Gasteiger partial charge on any atom is -0.507 e. The minimum atomic E-state index is -0.989. The number of methoxy groups -OCH3 is 1. The van der Waals surface area contributed by atoms with Crippen molar-refractivity contribution in [1.82, 2.24) is 4.90 Å². The van der Waals surface area contributed by atoms with E-state index in [4.69, 9.17) is 9.47 Å². The number of likely N-dealkylation sites (tertiary alicyclic amines) is 1. The Balaban J connectivity index is 2.11. The molecule has 3 rings (SSSR count). The van der Waals surface area contributed by atoms with Crippen LogP contribution in [0.2, 0.25) is 0 Å². The quantitative estimate of drug-likeness (QED) is 0.219. The van der Waals surface area contributed by atoms with Crippen LogP contribution in [0.1, 0.15) is 31.0 Å². The largest absolute Gasteiger partial charge is 0.507 e. The van der Waals surface area contributed by atoms with E-state index in [1.807, 2.05) is 13.8 Å². The van der Waals surface area contributed by atoms with Gasteiger partial charge >= 0.3 is 0 Å². The van der Waals surface area contributed by atoms with Gasteiger partial charge < -0.3 is 19.5 Å². The van der Waals surface area contributed by atoms with Gasteiger partial charge in [-0.25, -0.2) is 0 Å². The van der Waals surface area contributed by atoms with Crippen molar-refractivity contribution in [2.75, 3.05) is 20.3 Å². The summed E-state index contributed by atoms with van der Waals surface area (Å²) in [6.45, 7) is 3.99. The van der Waals surface area contributed by atoms with Crippen LogP contribution in [0, 0.1) is 10.1 Å². The molecule has 1 fully saturated rings. The molecule has 0 radical (unpaired) electrons. The summed E-state index contributed by atoms with van der Waals surface area (Å²) in [6.07, 6.45) is -0.0329. The second-order valence-electron chi connectivity index (χ2n) is 7.53. The van der Waals surface area contributed by atoms with Crippen molar-refractivity contribution in [2.24, 2.45) is 0 Å². The zero-order valence-corrected chi connectivity index (χ0v) is 18.0. The molecule has 0 saturated carbocycles. The topological polar surface area (TPSA) is 119 Å². The number of hydrogen-bond acceptors (Lipinski definition) is 7. The lowest BCUT2D eigenvalue weighted by molar-refractivity contribution is -0.384. The zero-order valence-electron chi connectivity index (χ0n) is 18.0. The van der Waals surface area contributed by atoms with E-state index in [2.05, 4.69) is 0 Å². The maximum absolute atomic E-state index is 12.9. The molecule has 0 unspecified atom stereocenters. The Kier molecular flexibility index (Phi) is 6.89. The molecule has 1 atom stereocenters. The highest BCUT2D eigenvalue weighted by Crippen LogP contribution is 2.40. The summed E-state index contributed by atoms with van der Waals surface area (Å²) >= 11 is 0. The van der Waals surface area contributed by atoms with Crippen LogP contribution >= 0.6 is 0 Å². The van der Waals surface area contributed by atoms with Gasteiger partial charge in [0, 0.05) is 31.4 Å². The number of carbonyl (C=O) groups excluding carboxylic acids is 2. The van der Waals surface area contributed by atoms with Crippen molar-refractivity contribution < 1.29 is 29.1 Å². The molecule has 1 saturated heterocycles. The van der Waals surface area contributed by atoms with E-state index in [1.54, 1.807) is 30.3 Å². The molecule has 1 aliphatic heterocycles. The molecule has 2 aromatic rings. The molecule has 32 heavy (non-hydrogen) atoms. The smallest absolute Gasteiger partial charge is 0.295 e. The van der Waals surface area contributed by atoms with Crippen LogP contribution in [-0.2, 0) is 14.3 Å². The molecule has 1 amide bonds. The molecule has 0 bridgehead atoms. The molecule has 1 N–H and O–H groups in total. The number of aliphatic hydroxyl groups is 1. The average molecular weight is 440 g/mol. The summed E-state index contributed by atoms with van der Waals surface area (Å²) in [5.41, 5.74) is 0.344. The van der Waals surface area contributed by atoms with E-state index in [-0.39, 0.29) is 36.3 Å². The lowest BCUT2D eigenvalue weighted by Gasteiger charge is -2.25. The number of carbonyl (C=O) groups is 2. The third-order valence-electron chi connectivity index (χ3n) is 4.97. The second-order valence-corrected chi connectivity index (χ2v) is 7.53. The van der Waals surface area contributed by atoms with E-state index < -0.39 is 22.7 Å². The summed E-state index contributed by atoms with van der Waals surface area (Å²) in [6, 6.07) is 11.1. The standard InChI is InChI=1S/C23H24N2O7/c1-14(2)32-18-9-7-15(8-10-18)21(26)19-20(16-5-4-6-17(13-16)25(29)30)24(11-12-31-3)23(28)22(19)27/h4-10,13-14,20,26H,11-12H2,1-3H3/b21-19+/t20-/m1/s1. The number of hydrogen-bond donors (Lipinski definition) is 1. The second kappa shape index (κ2) is 9.61. The van der Waals surface area contributed by atoms with Gasteiger partial charge in [-0.15, -0.1) is 0 Å². The van der Waals surface area contributed by atoms with Crippen molar-refractivity contribution >= 4 is 23.1 Å². The average Bonchev–Trinajstić information content (AvgIpc) is 3.02. The Morgan fingerprint density at radius 3 is 2.47 bits per heavy atom. The van der Waals surface area contributed by atoms with Gasteiger partial charge in [0.1, 0.15) is 11.5 Å². The summed E-state index contributed by atoms with van der Waals surface area (Å²) < 4.78 is 10.6. The van der Waals surface area contributed by atoms with E-state index in [0.29, 0.717) is 16.9 Å². The van der Waals surface area contributed by atoms with E-state index in [1.165, 1.54) is 30.2 Å². The highest BCUT2D eigenvalue weighted by atomic mass is 16.6. The van der Waals surface area contributed by atoms with Crippen LogP contribution in [-0.4, -0.2) is 53.0 Å². The molecule has 1 aliphatic rings. The third-order valence-corrected chi connectivity index (χ3v) is 4.97. The number of nitrogens with zero attached hydrogens (tertiary/aromatic N) is 2. The molecular formula is C23H24N2O7. The van der Waals surface area contributed by atoms with Crippen LogP contribution < -0.4 is 4.74 Å². The molecular weight excluding hydrogens is 416 g/mol. The summed E-state index contributed by atoms with van der Waals surface area (Å²) in [4.78, 5) is 37.6. The highest BCUT2D eigenvalue weighted by molar-refractivity contribution is 6.46. The number of nitro benzene ring substituents is 1. The van der Waals surface area contributed by atoms with Gasteiger partial charge in [-0.1, -0.05) is 12.1 Å². The van der Waals surface area contributed by atoms with Gasteiger partial charge in [-0.2, -0.15) is 0 Å². The van der Waals surface area contributed by atoms with E-state index in [0.717, 1.165) is 0 Å². The molecule has 9 nitrogen and oxygen atoms in total. The summed E-state index contributed by atoms with van der Waals surface area (Å²) in [5.74, 6) is -1.44. The van der Waals surface area contributed by atoms with Gasteiger partial charge in [-0.3, -0.25) is 19.7 Å². The Labute approximate surface area is 185 Å². The Hall–Kier alpha value is -3.72. The first kappa shape index (κ1) is 23.0. The van der Waals surface area contributed by atoms with Crippen molar-refractivity contribution in [3.63, 3.8) is 0 Å². The molecule has 168 valence electrons. The van der Waals surface area contributed by atoms with Gasteiger partial charge in [0.15, 0.2) is 0 Å². The number of aliphatic hydroxyl groups excluding tert-OH is 1. The maximum atomic E-state index is 12.9. The number of amides is 1. The number of nitro groups is 1. The summed E-state index contributed by atoms with van der Waals surface area (Å²) in [7, 11) is 1.46. The van der Waals surface area contributed by atoms with Crippen molar-refractivity contribution in [3.05, 3.63) is 75.3 Å². The number of ether oxygens (including phenoxy) is 2. The van der Waals surface area contributed by atoms with Crippen molar-refractivity contribution in [1.29, 1.82) is 0 Å². The molecule has 0 aliphatic carbocycles. The molecule has 0 spiro atoms. The normalized spacial score (nSPS) is 17.8. The van der Waals surface area contributed by atoms with Crippen molar-refractivity contribution in [3.8, 4) is 5.75 Å². The lowest BCUT2D eigenvalue weighted by Crippen LogP contribution is -2.32.